The van der Waals surface area contributed by atoms with E-state index >= 15 is 0 Å². The number of nitrogens with one attached hydrogen (secondary N) is 1. The standard InChI is InChI=1S/C13H23NO6S/c15-4-6-20-12-1-5-19-9-11(12)14-13(16)10-2-7-21(17,18)8-3-10/h10-12,15H,1-9H2,(H,14,16)/t11-,12+/m1/s1. The Balaban J connectivity index is 1.85. The molecule has 8 heteroatoms. The summed E-state index contributed by atoms with van der Waals surface area (Å²) < 4.78 is 33.7. The van der Waals surface area contributed by atoms with Crippen LogP contribution in [0.15, 0.2) is 0 Å². The molecule has 2 atom stereocenters. The lowest BCUT2D eigenvalue weighted by molar-refractivity contribution is -0.130. The molecule has 7 nitrogen and oxygen atoms in total. The number of carbonyl (C=O) groups excluding carboxylic acids is 1. The molecule has 2 saturated heterocycles. The van der Waals surface area contributed by atoms with E-state index in [4.69, 9.17) is 14.6 Å². The minimum absolute atomic E-state index is 0.0570. The molecule has 0 saturated carbocycles. The fourth-order valence-electron chi connectivity index (χ4n) is 2.71. The van der Waals surface area contributed by atoms with Gasteiger partial charge in [0.1, 0.15) is 9.84 Å². The Hall–Kier alpha value is -0.700. The van der Waals surface area contributed by atoms with Crippen LogP contribution in [0, 0.1) is 5.92 Å². The van der Waals surface area contributed by atoms with Gasteiger partial charge in [-0.1, -0.05) is 0 Å². The number of amides is 1. The molecule has 0 aromatic heterocycles. The van der Waals surface area contributed by atoms with Gasteiger partial charge in [0.25, 0.3) is 0 Å². The van der Waals surface area contributed by atoms with Crippen LogP contribution >= 0.6 is 0 Å². The molecule has 2 rings (SSSR count). The first-order chi connectivity index (χ1) is 10.0. The molecule has 0 radical (unpaired) electrons. The first kappa shape index (κ1) is 16.7. The van der Waals surface area contributed by atoms with Crippen molar-refractivity contribution >= 4 is 15.7 Å². The minimum atomic E-state index is -2.96. The van der Waals surface area contributed by atoms with Crippen LogP contribution in [0.1, 0.15) is 19.3 Å². The van der Waals surface area contributed by atoms with E-state index in [0.29, 0.717) is 32.5 Å². The highest BCUT2D eigenvalue weighted by Gasteiger charge is 2.33. The second kappa shape index (κ2) is 7.53. The van der Waals surface area contributed by atoms with Crippen molar-refractivity contribution in [1.82, 2.24) is 5.32 Å². The summed E-state index contributed by atoms with van der Waals surface area (Å²) in [5, 5.41) is 11.7. The largest absolute Gasteiger partial charge is 0.394 e. The molecule has 0 bridgehead atoms. The Kier molecular flexibility index (Phi) is 5.98. The molecule has 2 N–H and O–H groups in total. The third-order valence-corrected chi connectivity index (χ3v) is 5.68. The Bertz CT molecular complexity index is 438. The number of ether oxygens (including phenoxy) is 2. The summed E-state index contributed by atoms with van der Waals surface area (Å²) in [5.41, 5.74) is 0. The first-order valence-corrected chi connectivity index (χ1v) is 9.15. The molecule has 122 valence electrons. The third-order valence-electron chi connectivity index (χ3n) is 3.97. The second-order valence-corrected chi connectivity index (χ2v) is 7.84. The fraction of sp³-hybridized carbons (Fsp3) is 0.923. The third kappa shape index (κ3) is 4.91. The lowest BCUT2D eigenvalue weighted by Gasteiger charge is -2.33. The van der Waals surface area contributed by atoms with E-state index in [1.54, 1.807) is 0 Å². The van der Waals surface area contributed by atoms with Crippen molar-refractivity contribution < 1.29 is 27.8 Å². The number of aliphatic hydroxyl groups is 1. The van der Waals surface area contributed by atoms with Gasteiger partial charge in [-0.3, -0.25) is 4.79 Å². The zero-order valence-corrected chi connectivity index (χ0v) is 12.8. The van der Waals surface area contributed by atoms with E-state index < -0.39 is 9.84 Å². The van der Waals surface area contributed by atoms with Crippen molar-refractivity contribution in [3.63, 3.8) is 0 Å². The Labute approximate surface area is 124 Å². The van der Waals surface area contributed by atoms with Crippen LogP contribution < -0.4 is 5.32 Å². The molecule has 2 heterocycles. The molecule has 0 unspecified atom stereocenters. The molecule has 2 aliphatic heterocycles. The van der Waals surface area contributed by atoms with Gasteiger partial charge in [0.05, 0.1) is 43.5 Å². The van der Waals surface area contributed by atoms with Gasteiger partial charge >= 0.3 is 0 Å². The van der Waals surface area contributed by atoms with Crippen LogP contribution in [0.5, 0.6) is 0 Å². The molecule has 0 aliphatic carbocycles. The summed E-state index contributed by atoms with van der Waals surface area (Å²) in [6, 6.07) is -0.240. The Morgan fingerprint density at radius 1 is 1.29 bits per heavy atom. The highest BCUT2D eigenvalue weighted by molar-refractivity contribution is 7.91. The van der Waals surface area contributed by atoms with Crippen molar-refractivity contribution in [2.45, 2.75) is 31.4 Å². The molecular formula is C13H23NO6S. The van der Waals surface area contributed by atoms with Crippen LogP contribution in [-0.4, -0.2) is 69.5 Å². The molecule has 21 heavy (non-hydrogen) atoms. The predicted molar refractivity (Wildman–Crippen MR) is 75.6 cm³/mol. The monoisotopic (exact) mass is 321 g/mol. The lowest BCUT2D eigenvalue weighted by atomic mass is 10.00. The molecular weight excluding hydrogens is 298 g/mol. The van der Waals surface area contributed by atoms with Crippen molar-refractivity contribution in [3.8, 4) is 0 Å². The maximum absolute atomic E-state index is 12.2. The number of sulfone groups is 1. The summed E-state index contributed by atoms with van der Waals surface area (Å²) in [6.07, 6.45) is 1.26. The molecule has 1 amide bonds. The van der Waals surface area contributed by atoms with Crippen LogP contribution in [-0.2, 0) is 24.1 Å². The van der Waals surface area contributed by atoms with Crippen molar-refractivity contribution in [2.24, 2.45) is 5.92 Å². The number of rotatable bonds is 5. The predicted octanol–water partition coefficient (Wildman–Crippen LogP) is -0.906. The summed E-state index contributed by atoms with van der Waals surface area (Å²) in [6.45, 7) is 1.13. The van der Waals surface area contributed by atoms with Gasteiger partial charge in [-0.25, -0.2) is 8.42 Å². The van der Waals surface area contributed by atoms with Gasteiger partial charge < -0.3 is 19.9 Å². The minimum Gasteiger partial charge on any atom is -0.394 e. The number of hydrogen-bond acceptors (Lipinski definition) is 6. The highest BCUT2D eigenvalue weighted by Crippen LogP contribution is 2.20. The van der Waals surface area contributed by atoms with Crippen molar-refractivity contribution in [3.05, 3.63) is 0 Å². The molecule has 0 aromatic carbocycles. The summed E-state index contributed by atoms with van der Waals surface area (Å²) in [5.74, 6) is -0.222. The topological polar surface area (TPSA) is 102 Å². The van der Waals surface area contributed by atoms with Gasteiger partial charge in [0.2, 0.25) is 5.91 Å². The van der Waals surface area contributed by atoms with Gasteiger partial charge in [-0.2, -0.15) is 0 Å². The molecule has 2 aliphatic rings. The number of hydrogen-bond donors (Lipinski definition) is 2. The Morgan fingerprint density at radius 2 is 2.00 bits per heavy atom. The van der Waals surface area contributed by atoms with E-state index in [1.165, 1.54) is 0 Å². The highest BCUT2D eigenvalue weighted by atomic mass is 32.2. The summed E-state index contributed by atoms with van der Waals surface area (Å²) >= 11 is 0. The van der Waals surface area contributed by atoms with Gasteiger partial charge in [0.15, 0.2) is 0 Å². The zero-order valence-electron chi connectivity index (χ0n) is 12.0. The first-order valence-electron chi connectivity index (χ1n) is 7.33. The average Bonchev–Trinajstić information content (AvgIpc) is 2.46. The van der Waals surface area contributed by atoms with Gasteiger partial charge in [0, 0.05) is 12.5 Å². The number of aliphatic hydroxyl groups excluding tert-OH is 1. The van der Waals surface area contributed by atoms with E-state index in [1.807, 2.05) is 0 Å². The lowest BCUT2D eigenvalue weighted by Crippen LogP contribution is -2.52. The smallest absolute Gasteiger partial charge is 0.223 e. The van der Waals surface area contributed by atoms with Gasteiger partial charge in [-0.05, 0) is 19.3 Å². The van der Waals surface area contributed by atoms with E-state index in [2.05, 4.69) is 5.32 Å². The van der Waals surface area contributed by atoms with Gasteiger partial charge in [-0.15, -0.1) is 0 Å². The average molecular weight is 321 g/mol. The Morgan fingerprint density at radius 3 is 2.67 bits per heavy atom. The van der Waals surface area contributed by atoms with Crippen molar-refractivity contribution in [1.29, 1.82) is 0 Å². The zero-order chi connectivity index (χ0) is 15.3. The summed E-state index contributed by atoms with van der Waals surface area (Å²) in [7, 11) is -2.96. The van der Waals surface area contributed by atoms with Crippen LogP contribution in [0.2, 0.25) is 0 Å². The summed E-state index contributed by atoms with van der Waals surface area (Å²) in [4.78, 5) is 12.2. The SMILES string of the molecule is O=C(N[C@@H]1COCC[C@@H]1OCCO)C1CCS(=O)(=O)CC1. The van der Waals surface area contributed by atoms with Crippen LogP contribution in [0.4, 0.5) is 0 Å². The van der Waals surface area contributed by atoms with E-state index in [0.717, 1.165) is 0 Å². The number of carbonyl (C=O) groups is 1. The maximum atomic E-state index is 12.2. The van der Waals surface area contributed by atoms with E-state index in [9.17, 15) is 13.2 Å². The fourth-order valence-corrected chi connectivity index (χ4v) is 4.20. The normalized spacial score (nSPS) is 30.0. The molecule has 2 fully saturated rings. The molecule has 0 spiro atoms. The van der Waals surface area contributed by atoms with Crippen molar-refractivity contribution in [2.75, 3.05) is 37.9 Å². The quantitative estimate of drug-likeness (QED) is 0.680. The van der Waals surface area contributed by atoms with Crippen LogP contribution in [0.25, 0.3) is 0 Å². The van der Waals surface area contributed by atoms with Crippen LogP contribution in [0.3, 0.4) is 0 Å². The second-order valence-electron chi connectivity index (χ2n) is 5.54. The van der Waals surface area contributed by atoms with E-state index in [-0.39, 0.29) is 48.7 Å². The maximum Gasteiger partial charge on any atom is 0.223 e. The molecule has 0 aromatic rings.